The van der Waals surface area contributed by atoms with Gasteiger partial charge in [0.2, 0.25) is 5.91 Å². The lowest BCUT2D eigenvalue weighted by Crippen LogP contribution is -2.47. The number of carbonyl (C=O) groups excluding carboxylic acids is 1. The summed E-state index contributed by atoms with van der Waals surface area (Å²) < 4.78 is 0. The summed E-state index contributed by atoms with van der Waals surface area (Å²) in [7, 11) is 3.37. The molecule has 0 spiro atoms. The minimum absolute atomic E-state index is 0. The molecule has 0 radical (unpaired) electrons. The van der Waals surface area contributed by atoms with Crippen molar-refractivity contribution in [3.8, 4) is 0 Å². The molecule has 0 aliphatic carbocycles. The van der Waals surface area contributed by atoms with E-state index in [0.717, 1.165) is 24.4 Å². The third kappa shape index (κ3) is 7.47. The van der Waals surface area contributed by atoms with Crippen molar-refractivity contribution in [3.63, 3.8) is 0 Å². The van der Waals surface area contributed by atoms with E-state index in [1.807, 2.05) is 20.0 Å². The summed E-state index contributed by atoms with van der Waals surface area (Å²) >= 11 is 1.75. The fraction of sp³-hybridized carbons (Fsp3) is 0.667. The topological polar surface area (TPSA) is 78.4 Å². The SMILES string of the molecule is CCc1cnc(CCNC(=NC)NCC(C)(C)C(=O)NC)s1.I. The Bertz CT molecular complexity index is 516. The van der Waals surface area contributed by atoms with E-state index in [1.54, 1.807) is 25.4 Å². The second-order valence-electron chi connectivity index (χ2n) is 5.64. The summed E-state index contributed by atoms with van der Waals surface area (Å²) in [6.07, 6.45) is 3.84. The van der Waals surface area contributed by atoms with Crippen molar-refractivity contribution in [2.45, 2.75) is 33.6 Å². The normalized spacial score (nSPS) is 11.6. The maximum absolute atomic E-state index is 11.7. The molecule has 3 N–H and O–H groups in total. The number of amides is 1. The molecule has 0 bridgehead atoms. The predicted molar refractivity (Wildman–Crippen MR) is 108 cm³/mol. The number of rotatable bonds is 7. The van der Waals surface area contributed by atoms with Crippen molar-refractivity contribution in [2.75, 3.05) is 27.2 Å². The maximum atomic E-state index is 11.7. The molecule has 8 heteroatoms. The number of thiazole rings is 1. The van der Waals surface area contributed by atoms with Crippen molar-refractivity contribution in [1.82, 2.24) is 20.9 Å². The molecule has 0 saturated carbocycles. The summed E-state index contributed by atoms with van der Waals surface area (Å²) in [5, 5.41) is 10.2. The standard InChI is InChI=1S/C15H27N5OS.HI/c1-6-11-9-19-12(22-11)7-8-18-14(17-5)20-10-15(2,3)13(21)16-4;/h9H,6-8,10H2,1-5H3,(H,16,21)(H2,17,18,20);1H. The maximum Gasteiger partial charge on any atom is 0.227 e. The smallest absolute Gasteiger partial charge is 0.227 e. The van der Waals surface area contributed by atoms with Gasteiger partial charge in [-0.15, -0.1) is 35.3 Å². The van der Waals surface area contributed by atoms with Crippen LogP contribution in [0, 0.1) is 5.41 Å². The van der Waals surface area contributed by atoms with Crippen LogP contribution < -0.4 is 16.0 Å². The minimum atomic E-state index is -0.488. The van der Waals surface area contributed by atoms with E-state index in [-0.39, 0.29) is 29.9 Å². The van der Waals surface area contributed by atoms with Gasteiger partial charge < -0.3 is 16.0 Å². The van der Waals surface area contributed by atoms with Crippen LogP contribution in [-0.2, 0) is 17.6 Å². The van der Waals surface area contributed by atoms with Gasteiger partial charge in [-0.1, -0.05) is 6.92 Å². The van der Waals surface area contributed by atoms with Crippen molar-refractivity contribution in [2.24, 2.45) is 10.4 Å². The van der Waals surface area contributed by atoms with E-state index in [4.69, 9.17) is 0 Å². The van der Waals surface area contributed by atoms with Crippen LogP contribution in [0.15, 0.2) is 11.2 Å². The molecule has 0 aliphatic heterocycles. The molecule has 1 rings (SSSR count). The zero-order valence-electron chi connectivity index (χ0n) is 14.5. The van der Waals surface area contributed by atoms with Gasteiger partial charge in [0.1, 0.15) is 0 Å². The van der Waals surface area contributed by atoms with E-state index in [9.17, 15) is 4.79 Å². The molecular formula is C15H28IN5OS. The highest BCUT2D eigenvalue weighted by atomic mass is 127. The zero-order valence-corrected chi connectivity index (χ0v) is 17.7. The molecule has 0 fully saturated rings. The molecule has 23 heavy (non-hydrogen) atoms. The largest absolute Gasteiger partial charge is 0.359 e. The third-order valence-electron chi connectivity index (χ3n) is 3.34. The van der Waals surface area contributed by atoms with Gasteiger partial charge in [0, 0.05) is 44.7 Å². The van der Waals surface area contributed by atoms with Gasteiger partial charge in [-0.05, 0) is 20.3 Å². The third-order valence-corrected chi connectivity index (χ3v) is 4.55. The molecule has 1 aromatic rings. The first-order valence-corrected chi connectivity index (χ1v) is 8.35. The lowest BCUT2D eigenvalue weighted by atomic mass is 9.92. The summed E-state index contributed by atoms with van der Waals surface area (Å²) in [6.45, 7) is 7.21. The summed E-state index contributed by atoms with van der Waals surface area (Å²) in [5.74, 6) is 0.703. The molecular weight excluding hydrogens is 425 g/mol. The van der Waals surface area contributed by atoms with E-state index < -0.39 is 5.41 Å². The number of aromatic nitrogens is 1. The number of nitrogens with zero attached hydrogens (tertiary/aromatic N) is 2. The first-order valence-electron chi connectivity index (χ1n) is 7.53. The van der Waals surface area contributed by atoms with E-state index in [2.05, 4.69) is 32.9 Å². The Labute approximate surface area is 160 Å². The fourth-order valence-electron chi connectivity index (χ4n) is 1.86. The molecule has 132 valence electrons. The Morgan fingerprint density at radius 1 is 1.39 bits per heavy atom. The molecule has 1 aromatic heterocycles. The van der Waals surface area contributed by atoms with Crippen LogP contribution >= 0.6 is 35.3 Å². The van der Waals surface area contributed by atoms with Gasteiger partial charge in [0.05, 0.1) is 10.4 Å². The number of guanidine groups is 1. The summed E-state index contributed by atoms with van der Waals surface area (Å²) in [5.41, 5.74) is -0.488. The Kier molecular flexibility index (Phi) is 10.4. The fourth-order valence-corrected chi connectivity index (χ4v) is 2.72. The molecule has 0 saturated heterocycles. The van der Waals surface area contributed by atoms with Crippen LogP contribution in [0.4, 0.5) is 0 Å². The van der Waals surface area contributed by atoms with Crippen molar-refractivity contribution in [1.29, 1.82) is 0 Å². The first-order chi connectivity index (χ1) is 10.4. The molecule has 0 aromatic carbocycles. The number of hydrogen-bond acceptors (Lipinski definition) is 4. The van der Waals surface area contributed by atoms with Gasteiger partial charge >= 0.3 is 0 Å². The lowest BCUT2D eigenvalue weighted by molar-refractivity contribution is -0.128. The van der Waals surface area contributed by atoms with Gasteiger partial charge in [-0.2, -0.15) is 0 Å². The second kappa shape index (κ2) is 10.8. The monoisotopic (exact) mass is 453 g/mol. The van der Waals surface area contributed by atoms with Crippen molar-refractivity contribution >= 4 is 47.2 Å². The highest BCUT2D eigenvalue weighted by molar-refractivity contribution is 14.0. The van der Waals surface area contributed by atoms with E-state index in [0.29, 0.717) is 12.5 Å². The Morgan fingerprint density at radius 2 is 2.09 bits per heavy atom. The average molecular weight is 453 g/mol. The van der Waals surface area contributed by atoms with E-state index >= 15 is 0 Å². The lowest BCUT2D eigenvalue weighted by Gasteiger charge is -2.24. The molecule has 0 atom stereocenters. The Morgan fingerprint density at radius 3 is 2.61 bits per heavy atom. The quantitative estimate of drug-likeness (QED) is 0.334. The average Bonchev–Trinajstić information content (AvgIpc) is 2.97. The number of aryl methyl sites for hydroxylation is 1. The van der Waals surface area contributed by atoms with Crippen LogP contribution in [0.2, 0.25) is 0 Å². The number of halogens is 1. The van der Waals surface area contributed by atoms with Crippen molar-refractivity contribution < 1.29 is 4.79 Å². The van der Waals surface area contributed by atoms with Crippen molar-refractivity contribution in [3.05, 3.63) is 16.1 Å². The summed E-state index contributed by atoms with van der Waals surface area (Å²) in [6, 6.07) is 0. The van der Waals surface area contributed by atoms with Gasteiger partial charge in [0.25, 0.3) is 0 Å². The number of carbonyl (C=O) groups is 1. The highest BCUT2D eigenvalue weighted by Crippen LogP contribution is 2.14. The first kappa shape index (κ1) is 22.1. The van der Waals surface area contributed by atoms with Crippen LogP contribution in [0.3, 0.4) is 0 Å². The highest BCUT2D eigenvalue weighted by Gasteiger charge is 2.26. The number of aliphatic imine (C=N–C) groups is 1. The van der Waals surface area contributed by atoms with Crippen LogP contribution in [0.25, 0.3) is 0 Å². The molecule has 0 aliphatic rings. The zero-order chi connectivity index (χ0) is 16.6. The van der Waals surface area contributed by atoms with Crippen LogP contribution in [0.5, 0.6) is 0 Å². The summed E-state index contributed by atoms with van der Waals surface area (Å²) in [4.78, 5) is 21.6. The Balaban J connectivity index is 0.00000484. The number of nitrogens with one attached hydrogen (secondary N) is 3. The van der Waals surface area contributed by atoms with Crippen LogP contribution in [0.1, 0.15) is 30.7 Å². The predicted octanol–water partition coefficient (Wildman–Crippen LogP) is 1.80. The van der Waals surface area contributed by atoms with Gasteiger partial charge in [0.15, 0.2) is 5.96 Å². The molecule has 1 amide bonds. The van der Waals surface area contributed by atoms with Gasteiger partial charge in [-0.3, -0.25) is 9.79 Å². The van der Waals surface area contributed by atoms with Crippen LogP contribution in [-0.4, -0.2) is 44.0 Å². The molecule has 0 unspecified atom stereocenters. The Hall–Kier alpha value is -0.900. The second-order valence-corrected chi connectivity index (χ2v) is 6.84. The van der Waals surface area contributed by atoms with Gasteiger partial charge in [-0.25, -0.2) is 4.98 Å². The molecule has 6 nitrogen and oxygen atoms in total. The van der Waals surface area contributed by atoms with E-state index in [1.165, 1.54) is 4.88 Å². The number of hydrogen-bond donors (Lipinski definition) is 3. The molecule has 1 heterocycles. The minimum Gasteiger partial charge on any atom is -0.359 e.